The average Bonchev–Trinajstić information content (AvgIpc) is 2.55. The van der Waals surface area contributed by atoms with Crippen molar-refractivity contribution in [2.24, 2.45) is 5.73 Å². The van der Waals surface area contributed by atoms with E-state index in [1.807, 2.05) is 12.3 Å². The minimum Gasteiger partial charge on any atom is -0.501 e. The Labute approximate surface area is 125 Å². The van der Waals surface area contributed by atoms with Crippen molar-refractivity contribution in [3.05, 3.63) is 53.8 Å². The van der Waals surface area contributed by atoms with Crippen LogP contribution in [0.3, 0.4) is 0 Å². The molecule has 3 heteroatoms. The van der Waals surface area contributed by atoms with Crippen molar-refractivity contribution in [2.75, 3.05) is 13.7 Å². The van der Waals surface area contributed by atoms with E-state index in [0.29, 0.717) is 0 Å². The van der Waals surface area contributed by atoms with Gasteiger partial charge >= 0.3 is 0 Å². The van der Waals surface area contributed by atoms with Gasteiger partial charge in [-0.25, -0.2) is 0 Å². The first-order valence-electron chi connectivity index (χ1n) is 7.39. The second kappa shape index (κ2) is 6.19. The monoisotopic (exact) mass is 283 g/mol. The highest BCUT2D eigenvalue weighted by atomic mass is 16.5. The molecule has 0 bridgehead atoms. The van der Waals surface area contributed by atoms with Crippen molar-refractivity contribution in [3.8, 4) is 5.75 Å². The van der Waals surface area contributed by atoms with Crippen molar-refractivity contribution in [3.63, 3.8) is 0 Å². The van der Waals surface area contributed by atoms with Gasteiger partial charge in [-0.15, -0.1) is 0 Å². The topological polar surface area (TPSA) is 44.5 Å². The molecule has 2 N–H and O–H groups in total. The average molecular weight is 283 g/mol. The Hall–Kier alpha value is -2.00. The number of methoxy groups -OCH3 is 1. The zero-order chi connectivity index (χ0) is 14.7. The SMILES string of the molecule is COc1ccc2cccc(CC(N)C3=COCCC3)c2c1. The van der Waals surface area contributed by atoms with E-state index in [1.165, 1.54) is 21.9 Å². The summed E-state index contributed by atoms with van der Waals surface area (Å²) in [7, 11) is 1.69. The maximum Gasteiger partial charge on any atom is 0.119 e. The van der Waals surface area contributed by atoms with E-state index >= 15 is 0 Å². The second-order valence-electron chi connectivity index (χ2n) is 5.48. The van der Waals surface area contributed by atoms with Crippen LogP contribution in [0, 0.1) is 0 Å². The van der Waals surface area contributed by atoms with Gasteiger partial charge in [0, 0.05) is 6.04 Å². The Morgan fingerprint density at radius 1 is 1.29 bits per heavy atom. The maximum atomic E-state index is 6.36. The summed E-state index contributed by atoms with van der Waals surface area (Å²) in [6.07, 6.45) is 4.76. The summed E-state index contributed by atoms with van der Waals surface area (Å²) in [4.78, 5) is 0. The molecule has 110 valence electrons. The van der Waals surface area contributed by atoms with Crippen molar-refractivity contribution >= 4 is 10.8 Å². The third-order valence-corrected chi connectivity index (χ3v) is 4.06. The molecule has 3 rings (SSSR count). The van der Waals surface area contributed by atoms with Crippen LogP contribution in [0.2, 0.25) is 0 Å². The number of hydrogen-bond acceptors (Lipinski definition) is 3. The smallest absolute Gasteiger partial charge is 0.119 e. The Morgan fingerprint density at radius 3 is 2.95 bits per heavy atom. The summed E-state index contributed by atoms with van der Waals surface area (Å²) in [6.45, 7) is 0.807. The minimum absolute atomic E-state index is 0.0158. The molecule has 21 heavy (non-hydrogen) atoms. The number of rotatable bonds is 4. The fourth-order valence-corrected chi connectivity index (χ4v) is 2.85. The maximum absolute atomic E-state index is 6.36. The first-order chi connectivity index (χ1) is 10.3. The summed E-state index contributed by atoms with van der Waals surface area (Å²) in [5.41, 5.74) is 8.83. The molecule has 1 unspecified atom stereocenters. The number of hydrogen-bond donors (Lipinski definition) is 1. The Kier molecular flexibility index (Phi) is 4.11. The molecule has 1 atom stereocenters. The lowest BCUT2D eigenvalue weighted by Gasteiger charge is -2.20. The van der Waals surface area contributed by atoms with Crippen LogP contribution in [0.15, 0.2) is 48.2 Å². The molecule has 0 radical (unpaired) electrons. The molecule has 2 aromatic carbocycles. The highest BCUT2D eigenvalue weighted by Gasteiger charge is 2.15. The van der Waals surface area contributed by atoms with Crippen LogP contribution in [0.5, 0.6) is 5.75 Å². The van der Waals surface area contributed by atoms with E-state index in [2.05, 4.69) is 30.3 Å². The molecule has 1 aliphatic rings. The molecule has 0 spiro atoms. The molecular formula is C18H21NO2. The van der Waals surface area contributed by atoms with E-state index in [0.717, 1.165) is 31.6 Å². The Morgan fingerprint density at radius 2 is 2.19 bits per heavy atom. The first kappa shape index (κ1) is 14.0. The van der Waals surface area contributed by atoms with Crippen LogP contribution in [-0.4, -0.2) is 19.8 Å². The number of benzene rings is 2. The normalized spacial score (nSPS) is 16.2. The highest BCUT2D eigenvalue weighted by Crippen LogP contribution is 2.26. The molecule has 0 aliphatic carbocycles. The third-order valence-electron chi connectivity index (χ3n) is 4.06. The van der Waals surface area contributed by atoms with Crippen molar-refractivity contribution in [1.82, 2.24) is 0 Å². The van der Waals surface area contributed by atoms with Gasteiger partial charge in [-0.2, -0.15) is 0 Å². The van der Waals surface area contributed by atoms with Crippen molar-refractivity contribution in [2.45, 2.75) is 25.3 Å². The lowest BCUT2D eigenvalue weighted by atomic mass is 9.93. The number of ether oxygens (including phenoxy) is 2. The quantitative estimate of drug-likeness (QED) is 0.935. The van der Waals surface area contributed by atoms with Gasteiger partial charge in [-0.1, -0.05) is 24.3 Å². The van der Waals surface area contributed by atoms with E-state index in [9.17, 15) is 0 Å². The van der Waals surface area contributed by atoms with Crippen LogP contribution in [0.1, 0.15) is 18.4 Å². The summed E-state index contributed by atoms with van der Waals surface area (Å²) in [5, 5.41) is 2.43. The molecule has 1 aliphatic heterocycles. The van der Waals surface area contributed by atoms with Crippen molar-refractivity contribution < 1.29 is 9.47 Å². The zero-order valence-electron chi connectivity index (χ0n) is 12.3. The summed E-state index contributed by atoms with van der Waals surface area (Å²) in [5.74, 6) is 0.878. The van der Waals surface area contributed by atoms with Crippen LogP contribution in [0.4, 0.5) is 0 Å². The van der Waals surface area contributed by atoms with E-state index in [-0.39, 0.29) is 6.04 Å². The zero-order valence-corrected chi connectivity index (χ0v) is 12.3. The lowest BCUT2D eigenvalue weighted by Crippen LogP contribution is -2.27. The van der Waals surface area contributed by atoms with Crippen molar-refractivity contribution in [1.29, 1.82) is 0 Å². The second-order valence-corrected chi connectivity index (χ2v) is 5.48. The number of nitrogens with two attached hydrogens (primary N) is 1. The first-order valence-corrected chi connectivity index (χ1v) is 7.39. The van der Waals surface area contributed by atoms with Crippen LogP contribution < -0.4 is 10.5 Å². The summed E-state index contributed by atoms with van der Waals surface area (Å²) >= 11 is 0. The molecule has 1 heterocycles. The molecule has 0 amide bonds. The van der Waals surface area contributed by atoms with Gasteiger partial charge in [0.25, 0.3) is 0 Å². The van der Waals surface area contributed by atoms with E-state index in [1.54, 1.807) is 7.11 Å². The number of fused-ring (bicyclic) bond motifs is 1. The molecule has 2 aromatic rings. The lowest BCUT2D eigenvalue weighted by molar-refractivity contribution is 0.221. The minimum atomic E-state index is 0.0158. The largest absolute Gasteiger partial charge is 0.501 e. The third kappa shape index (κ3) is 3.03. The van der Waals surface area contributed by atoms with Gasteiger partial charge in [0.2, 0.25) is 0 Å². The van der Waals surface area contributed by atoms with Crippen LogP contribution >= 0.6 is 0 Å². The van der Waals surface area contributed by atoms with Gasteiger partial charge in [-0.3, -0.25) is 0 Å². The molecule has 3 nitrogen and oxygen atoms in total. The predicted octanol–water partition coefficient (Wildman–Crippen LogP) is 3.41. The van der Waals surface area contributed by atoms with Crippen LogP contribution in [0.25, 0.3) is 10.8 Å². The molecule has 0 aromatic heterocycles. The fourth-order valence-electron chi connectivity index (χ4n) is 2.85. The molecule has 0 saturated heterocycles. The highest BCUT2D eigenvalue weighted by molar-refractivity contribution is 5.87. The van der Waals surface area contributed by atoms with Gasteiger partial charge < -0.3 is 15.2 Å². The van der Waals surface area contributed by atoms with E-state index in [4.69, 9.17) is 15.2 Å². The summed E-state index contributed by atoms with van der Waals surface area (Å²) in [6, 6.07) is 12.5. The predicted molar refractivity (Wildman–Crippen MR) is 85.4 cm³/mol. The van der Waals surface area contributed by atoms with Gasteiger partial charge in [-0.05, 0) is 53.3 Å². The standard InChI is InChI=1S/C18H21NO2/c1-20-16-8-7-13-4-2-5-14(17(13)11-16)10-18(19)15-6-3-9-21-12-15/h2,4-5,7-8,11-12,18H,3,6,9-10,19H2,1H3. The molecule has 0 fully saturated rings. The Balaban J connectivity index is 1.90. The molecule has 0 saturated carbocycles. The fraction of sp³-hybridized carbons (Fsp3) is 0.333. The molecular weight excluding hydrogens is 262 g/mol. The Bertz CT molecular complexity index is 663. The van der Waals surface area contributed by atoms with Gasteiger partial charge in [0.1, 0.15) is 5.75 Å². The van der Waals surface area contributed by atoms with E-state index < -0.39 is 0 Å². The van der Waals surface area contributed by atoms with Gasteiger partial charge in [0.15, 0.2) is 0 Å². The van der Waals surface area contributed by atoms with Gasteiger partial charge in [0.05, 0.1) is 20.0 Å². The van der Waals surface area contributed by atoms with Crippen LogP contribution in [-0.2, 0) is 11.2 Å². The summed E-state index contributed by atoms with van der Waals surface area (Å²) < 4.78 is 10.7.